The number of nitrogens with zero attached hydrogens (tertiary/aromatic N) is 2. The number of hydrogen-bond donors (Lipinski definition) is 0. The Morgan fingerprint density at radius 2 is 1.76 bits per heavy atom. The standard InChI is InChI=1S/C14H28N2O/c1-4-13(3)12-15(5-2)14(17)16-10-8-6-7-9-11-16/h13H,4-12H2,1-3H3. The first-order valence-electron chi connectivity index (χ1n) is 7.22. The summed E-state index contributed by atoms with van der Waals surface area (Å²) in [4.78, 5) is 16.5. The molecule has 1 unspecified atom stereocenters. The van der Waals surface area contributed by atoms with E-state index < -0.39 is 0 Å². The van der Waals surface area contributed by atoms with Gasteiger partial charge in [0.15, 0.2) is 0 Å². The van der Waals surface area contributed by atoms with Gasteiger partial charge < -0.3 is 9.80 Å². The fourth-order valence-corrected chi connectivity index (χ4v) is 2.31. The number of likely N-dealkylation sites (tertiary alicyclic amines) is 1. The van der Waals surface area contributed by atoms with Crippen LogP contribution in [0.4, 0.5) is 4.79 Å². The molecule has 1 saturated heterocycles. The molecule has 2 amide bonds. The molecule has 3 nitrogen and oxygen atoms in total. The minimum absolute atomic E-state index is 0.259. The van der Waals surface area contributed by atoms with Crippen molar-refractivity contribution in [3.05, 3.63) is 0 Å². The van der Waals surface area contributed by atoms with Gasteiger partial charge in [-0.3, -0.25) is 0 Å². The summed E-state index contributed by atoms with van der Waals surface area (Å²) in [6.45, 7) is 10.1. The predicted molar refractivity (Wildman–Crippen MR) is 72.1 cm³/mol. The molecule has 1 rings (SSSR count). The first-order valence-corrected chi connectivity index (χ1v) is 7.22. The Morgan fingerprint density at radius 3 is 2.24 bits per heavy atom. The molecular formula is C14H28N2O. The van der Waals surface area contributed by atoms with Crippen molar-refractivity contribution in [2.24, 2.45) is 5.92 Å². The van der Waals surface area contributed by atoms with Gasteiger partial charge in [-0.25, -0.2) is 4.79 Å². The molecule has 0 N–H and O–H groups in total. The molecule has 1 aliphatic rings. The second kappa shape index (κ2) is 7.57. The van der Waals surface area contributed by atoms with Gasteiger partial charge >= 0.3 is 6.03 Å². The summed E-state index contributed by atoms with van der Waals surface area (Å²) in [6.07, 6.45) is 6.05. The van der Waals surface area contributed by atoms with Crippen molar-refractivity contribution in [1.29, 1.82) is 0 Å². The fraction of sp³-hybridized carbons (Fsp3) is 0.929. The van der Waals surface area contributed by atoms with E-state index in [0.717, 1.165) is 32.6 Å². The van der Waals surface area contributed by atoms with Crippen LogP contribution in [0, 0.1) is 5.92 Å². The molecule has 0 spiro atoms. The van der Waals surface area contributed by atoms with E-state index in [-0.39, 0.29) is 6.03 Å². The summed E-state index contributed by atoms with van der Waals surface area (Å²) in [6, 6.07) is 0.259. The second-order valence-electron chi connectivity index (χ2n) is 5.24. The van der Waals surface area contributed by atoms with Gasteiger partial charge in [0, 0.05) is 26.2 Å². The van der Waals surface area contributed by atoms with E-state index in [0.29, 0.717) is 5.92 Å². The van der Waals surface area contributed by atoms with Crippen LogP contribution < -0.4 is 0 Å². The quantitative estimate of drug-likeness (QED) is 0.739. The lowest BCUT2D eigenvalue weighted by molar-refractivity contribution is 0.149. The first kappa shape index (κ1) is 14.3. The minimum atomic E-state index is 0.259. The molecule has 0 aromatic heterocycles. The van der Waals surface area contributed by atoms with E-state index >= 15 is 0 Å². The summed E-state index contributed by atoms with van der Waals surface area (Å²) in [5.74, 6) is 0.603. The zero-order valence-electron chi connectivity index (χ0n) is 11.7. The zero-order chi connectivity index (χ0) is 12.7. The minimum Gasteiger partial charge on any atom is -0.325 e. The van der Waals surface area contributed by atoms with Gasteiger partial charge in [0.25, 0.3) is 0 Å². The van der Waals surface area contributed by atoms with Crippen LogP contribution >= 0.6 is 0 Å². The van der Waals surface area contributed by atoms with Gasteiger partial charge in [0.05, 0.1) is 0 Å². The lowest BCUT2D eigenvalue weighted by Gasteiger charge is -2.30. The Balaban J connectivity index is 2.51. The highest BCUT2D eigenvalue weighted by atomic mass is 16.2. The van der Waals surface area contributed by atoms with E-state index in [4.69, 9.17) is 0 Å². The molecule has 0 aromatic rings. The summed E-state index contributed by atoms with van der Waals surface area (Å²) in [7, 11) is 0. The summed E-state index contributed by atoms with van der Waals surface area (Å²) in [5.41, 5.74) is 0. The number of rotatable bonds is 4. The Bertz CT molecular complexity index is 222. The average molecular weight is 240 g/mol. The lowest BCUT2D eigenvalue weighted by atomic mass is 10.1. The number of urea groups is 1. The van der Waals surface area contributed by atoms with Crippen LogP contribution in [0.15, 0.2) is 0 Å². The van der Waals surface area contributed by atoms with Crippen molar-refractivity contribution in [2.45, 2.75) is 52.9 Å². The Labute approximate surface area is 106 Å². The van der Waals surface area contributed by atoms with Gasteiger partial charge in [-0.2, -0.15) is 0 Å². The maximum atomic E-state index is 12.4. The van der Waals surface area contributed by atoms with E-state index in [1.54, 1.807) is 0 Å². The molecule has 1 aliphatic heterocycles. The number of carbonyl (C=O) groups excluding carboxylic acids is 1. The van der Waals surface area contributed by atoms with Gasteiger partial charge in [0.2, 0.25) is 0 Å². The van der Waals surface area contributed by atoms with Gasteiger partial charge in [0.1, 0.15) is 0 Å². The smallest absolute Gasteiger partial charge is 0.319 e. The molecule has 3 heteroatoms. The maximum absolute atomic E-state index is 12.4. The summed E-state index contributed by atoms with van der Waals surface area (Å²) >= 11 is 0. The molecule has 17 heavy (non-hydrogen) atoms. The van der Waals surface area contributed by atoms with Crippen LogP contribution in [0.5, 0.6) is 0 Å². The van der Waals surface area contributed by atoms with Crippen LogP contribution in [0.2, 0.25) is 0 Å². The first-order chi connectivity index (χ1) is 8.19. The van der Waals surface area contributed by atoms with E-state index in [1.165, 1.54) is 25.7 Å². The fourth-order valence-electron chi connectivity index (χ4n) is 2.31. The highest BCUT2D eigenvalue weighted by Gasteiger charge is 2.21. The van der Waals surface area contributed by atoms with Crippen molar-refractivity contribution in [3.63, 3.8) is 0 Å². The third-order valence-electron chi connectivity index (χ3n) is 3.76. The second-order valence-corrected chi connectivity index (χ2v) is 5.24. The molecule has 100 valence electrons. The third-order valence-corrected chi connectivity index (χ3v) is 3.76. The Morgan fingerprint density at radius 1 is 1.18 bits per heavy atom. The molecule has 1 atom stereocenters. The average Bonchev–Trinajstić information content (AvgIpc) is 2.63. The van der Waals surface area contributed by atoms with Crippen LogP contribution in [0.25, 0.3) is 0 Å². The third kappa shape index (κ3) is 4.57. The molecule has 0 saturated carbocycles. The summed E-state index contributed by atoms with van der Waals surface area (Å²) in [5, 5.41) is 0. The highest BCUT2D eigenvalue weighted by Crippen LogP contribution is 2.13. The normalized spacial score (nSPS) is 18.6. The molecule has 0 aromatic carbocycles. The van der Waals surface area contributed by atoms with Crippen LogP contribution in [-0.4, -0.2) is 42.0 Å². The molecule has 0 aliphatic carbocycles. The van der Waals surface area contributed by atoms with Gasteiger partial charge in [-0.15, -0.1) is 0 Å². The maximum Gasteiger partial charge on any atom is 0.319 e. The monoisotopic (exact) mass is 240 g/mol. The topological polar surface area (TPSA) is 23.6 Å². The van der Waals surface area contributed by atoms with Crippen LogP contribution in [0.3, 0.4) is 0 Å². The number of hydrogen-bond acceptors (Lipinski definition) is 1. The van der Waals surface area contributed by atoms with Crippen LogP contribution in [0.1, 0.15) is 52.9 Å². The van der Waals surface area contributed by atoms with Crippen LogP contribution in [-0.2, 0) is 0 Å². The van der Waals surface area contributed by atoms with Crippen molar-refractivity contribution in [1.82, 2.24) is 9.80 Å². The van der Waals surface area contributed by atoms with E-state index in [1.807, 2.05) is 4.90 Å². The highest BCUT2D eigenvalue weighted by molar-refractivity contribution is 5.74. The predicted octanol–water partition coefficient (Wildman–Crippen LogP) is 3.35. The van der Waals surface area contributed by atoms with Gasteiger partial charge in [-0.05, 0) is 25.7 Å². The van der Waals surface area contributed by atoms with Crippen molar-refractivity contribution in [2.75, 3.05) is 26.2 Å². The number of carbonyl (C=O) groups is 1. The lowest BCUT2D eigenvalue weighted by Crippen LogP contribution is -2.45. The molecular weight excluding hydrogens is 212 g/mol. The van der Waals surface area contributed by atoms with E-state index in [2.05, 4.69) is 25.7 Å². The van der Waals surface area contributed by atoms with Crippen molar-refractivity contribution < 1.29 is 4.79 Å². The molecule has 0 bridgehead atoms. The molecule has 1 heterocycles. The zero-order valence-corrected chi connectivity index (χ0v) is 11.7. The Hall–Kier alpha value is -0.730. The Kier molecular flexibility index (Phi) is 6.38. The van der Waals surface area contributed by atoms with E-state index in [9.17, 15) is 4.79 Å². The van der Waals surface area contributed by atoms with Crippen molar-refractivity contribution >= 4 is 6.03 Å². The number of amides is 2. The van der Waals surface area contributed by atoms with Crippen molar-refractivity contribution in [3.8, 4) is 0 Å². The van der Waals surface area contributed by atoms with Gasteiger partial charge in [-0.1, -0.05) is 33.1 Å². The molecule has 1 fully saturated rings. The SMILES string of the molecule is CCC(C)CN(CC)C(=O)N1CCCCCC1. The molecule has 0 radical (unpaired) electrons. The summed E-state index contributed by atoms with van der Waals surface area (Å²) < 4.78 is 0. The largest absolute Gasteiger partial charge is 0.325 e.